The van der Waals surface area contributed by atoms with Gasteiger partial charge in [0.2, 0.25) is 5.91 Å². The molecule has 2 aromatic rings. The zero-order valence-electron chi connectivity index (χ0n) is 19.7. The van der Waals surface area contributed by atoms with Gasteiger partial charge in [0.05, 0.1) is 12.5 Å². The summed E-state index contributed by atoms with van der Waals surface area (Å²) in [6.45, 7) is 1.21. The Kier molecular flexibility index (Phi) is 8.02. The number of fused-ring (bicyclic) bond motifs is 3. The van der Waals surface area contributed by atoms with E-state index in [0.29, 0.717) is 19.5 Å². The van der Waals surface area contributed by atoms with Crippen LogP contribution in [0.4, 0.5) is 4.79 Å². The molecule has 0 spiro atoms. The Morgan fingerprint density at radius 1 is 1.06 bits per heavy atom. The van der Waals surface area contributed by atoms with E-state index in [1.54, 1.807) is 4.90 Å². The smallest absolute Gasteiger partial charge is 0.407 e. The number of aliphatic hydroxyl groups excluding tert-OH is 1. The number of aliphatic carboxylic acids is 1. The quantitative estimate of drug-likeness (QED) is 0.507. The topological polar surface area (TPSA) is 116 Å². The molecule has 1 aliphatic heterocycles. The fourth-order valence-corrected chi connectivity index (χ4v) is 5.11. The van der Waals surface area contributed by atoms with E-state index < -0.39 is 18.2 Å². The lowest BCUT2D eigenvalue weighted by Gasteiger charge is -2.33. The van der Waals surface area contributed by atoms with Crippen LogP contribution in [0.15, 0.2) is 48.5 Å². The molecule has 2 aliphatic rings. The lowest BCUT2D eigenvalue weighted by atomic mass is 9.93. The van der Waals surface area contributed by atoms with E-state index >= 15 is 0 Å². The van der Waals surface area contributed by atoms with E-state index in [1.807, 2.05) is 36.4 Å². The number of nitrogens with one attached hydrogen (secondary N) is 1. The molecule has 186 valence electrons. The number of benzene rings is 2. The first-order valence-electron chi connectivity index (χ1n) is 12.2. The van der Waals surface area contributed by atoms with E-state index in [0.717, 1.165) is 35.1 Å². The molecule has 0 radical (unpaired) electrons. The number of piperidine rings is 1. The molecule has 2 aromatic carbocycles. The molecule has 0 bridgehead atoms. The number of hydrogen-bond donors (Lipinski definition) is 3. The van der Waals surface area contributed by atoms with Gasteiger partial charge in [0.1, 0.15) is 6.61 Å². The standard InChI is InChI=1S/C27H32N2O6/c30-19(14-25(31)29-13-5-6-18(16-29)11-12-26(32)33)15-28-27(34)35-17-24-22-9-3-1-7-20(22)21-8-2-4-10-23(21)24/h1-4,7-10,18-19,24,30H,5-6,11-17H2,(H,28,34)(H,32,33). The summed E-state index contributed by atoms with van der Waals surface area (Å²) in [6, 6.07) is 16.2. The Morgan fingerprint density at radius 2 is 1.71 bits per heavy atom. The van der Waals surface area contributed by atoms with Gasteiger partial charge in [-0.1, -0.05) is 48.5 Å². The normalized spacial score (nSPS) is 17.9. The van der Waals surface area contributed by atoms with Gasteiger partial charge in [-0.15, -0.1) is 0 Å². The fraction of sp³-hybridized carbons (Fsp3) is 0.444. The maximum atomic E-state index is 12.6. The average molecular weight is 481 g/mol. The predicted octanol–water partition coefficient (Wildman–Crippen LogP) is 3.38. The maximum absolute atomic E-state index is 12.6. The van der Waals surface area contributed by atoms with Crippen LogP contribution in [0.1, 0.15) is 49.1 Å². The number of carboxylic acid groups (broad SMARTS) is 1. The largest absolute Gasteiger partial charge is 0.481 e. The second kappa shape index (κ2) is 11.4. The fourth-order valence-electron chi connectivity index (χ4n) is 5.11. The van der Waals surface area contributed by atoms with Gasteiger partial charge >= 0.3 is 12.1 Å². The number of hydrogen-bond acceptors (Lipinski definition) is 5. The number of carbonyl (C=O) groups is 3. The summed E-state index contributed by atoms with van der Waals surface area (Å²) in [6.07, 6.45) is 0.611. The minimum Gasteiger partial charge on any atom is -0.481 e. The summed E-state index contributed by atoms with van der Waals surface area (Å²) < 4.78 is 5.47. The van der Waals surface area contributed by atoms with Crippen LogP contribution in [0, 0.1) is 5.92 Å². The Balaban J connectivity index is 1.21. The van der Waals surface area contributed by atoms with Gasteiger partial charge in [0, 0.05) is 32.0 Å². The van der Waals surface area contributed by atoms with Crippen molar-refractivity contribution in [2.75, 3.05) is 26.2 Å². The first-order chi connectivity index (χ1) is 16.9. The minimum absolute atomic E-state index is 0.0483. The molecule has 0 aromatic heterocycles. The molecule has 3 N–H and O–H groups in total. The van der Waals surface area contributed by atoms with E-state index in [4.69, 9.17) is 9.84 Å². The van der Waals surface area contributed by atoms with Crippen LogP contribution in [0.3, 0.4) is 0 Å². The number of aliphatic hydroxyl groups is 1. The van der Waals surface area contributed by atoms with Crippen molar-refractivity contribution in [3.63, 3.8) is 0 Å². The number of likely N-dealkylation sites (tertiary alicyclic amines) is 1. The first-order valence-corrected chi connectivity index (χ1v) is 12.2. The lowest BCUT2D eigenvalue weighted by Crippen LogP contribution is -2.43. The number of carbonyl (C=O) groups excluding carboxylic acids is 2. The van der Waals surface area contributed by atoms with E-state index in [1.165, 1.54) is 0 Å². The summed E-state index contributed by atoms with van der Waals surface area (Å²) in [5, 5.41) is 21.7. The molecular formula is C27H32N2O6. The molecule has 8 heteroatoms. The molecule has 8 nitrogen and oxygen atoms in total. The van der Waals surface area contributed by atoms with Crippen molar-refractivity contribution in [1.29, 1.82) is 0 Å². The molecule has 0 saturated carbocycles. The molecule has 4 rings (SSSR count). The molecule has 35 heavy (non-hydrogen) atoms. The molecule has 1 aliphatic carbocycles. The molecule has 1 heterocycles. The second-order valence-electron chi connectivity index (χ2n) is 9.34. The van der Waals surface area contributed by atoms with Gasteiger partial charge in [-0.2, -0.15) is 0 Å². The van der Waals surface area contributed by atoms with Gasteiger partial charge < -0.3 is 25.2 Å². The Morgan fingerprint density at radius 3 is 2.37 bits per heavy atom. The lowest BCUT2D eigenvalue weighted by molar-refractivity contribution is -0.137. The van der Waals surface area contributed by atoms with Crippen LogP contribution in [0.5, 0.6) is 0 Å². The van der Waals surface area contributed by atoms with Crippen LogP contribution in [0.2, 0.25) is 0 Å². The third kappa shape index (κ3) is 6.19. The van der Waals surface area contributed by atoms with Crippen molar-refractivity contribution >= 4 is 18.0 Å². The Labute approximate surface area is 204 Å². The minimum atomic E-state index is -1.03. The van der Waals surface area contributed by atoms with Crippen LogP contribution >= 0.6 is 0 Å². The van der Waals surface area contributed by atoms with Crippen molar-refractivity contribution in [2.24, 2.45) is 5.92 Å². The zero-order valence-corrected chi connectivity index (χ0v) is 19.7. The zero-order chi connectivity index (χ0) is 24.8. The average Bonchev–Trinajstić information content (AvgIpc) is 3.19. The Bertz CT molecular complexity index is 1030. The summed E-state index contributed by atoms with van der Waals surface area (Å²) in [7, 11) is 0. The molecular weight excluding hydrogens is 448 g/mol. The van der Waals surface area contributed by atoms with Gasteiger partial charge in [-0.25, -0.2) is 4.79 Å². The van der Waals surface area contributed by atoms with Crippen LogP contribution < -0.4 is 5.32 Å². The molecule has 2 atom stereocenters. The second-order valence-corrected chi connectivity index (χ2v) is 9.34. The summed E-state index contributed by atoms with van der Waals surface area (Å²) >= 11 is 0. The van der Waals surface area contributed by atoms with Crippen molar-refractivity contribution in [1.82, 2.24) is 10.2 Å². The Hall–Kier alpha value is -3.39. The van der Waals surface area contributed by atoms with Crippen molar-refractivity contribution < 1.29 is 29.3 Å². The SMILES string of the molecule is O=C(O)CCC1CCCN(C(=O)CC(O)CNC(=O)OCC2c3ccccc3-c3ccccc32)C1. The third-order valence-corrected chi connectivity index (χ3v) is 6.87. The highest BCUT2D eigenvalue weighted by molar-refractivity contribution is 5.79. The van der Waals surface area contributed by atoms with Gasteiger partial charge in [-0.3, -0.25) is 9.59 Å². The monoisotopic (exact) mass is 480 g/mol. The number of alkyl carbamates (subject to hydrolysis) is 1. The van der Waals surface area contributed by atoms with Crippen LogP contribution in [-0.2, 0) is 14.3 Å². The van der Waals surface area contributed by atoms with E-state index in [-0.39, 0.29) is 43.7 Å². The van der Waals surface area contributed by atoms with Crippen LogP contribution in [0.25, 0.3) is 11.1 Å². The number of ether oxygens (including phenoxy) is 1. The maximum Gasteiger partial charge on any atom is 0.407 e. The van der Waals surface area contributed by atoms with Gasteiger partial charge in [0.25, 0.3) is 0 Å². The third-order valence-electron chi connectivity index (χ3n) is 6.87. The summed E-state index contributed by atoms with van der Waals surface area (Å²) in [5.41, 5.74) is 4.54. The van der Waals surface area contributed by atoms with E-state index in [2.05, 4.69) is 17.4 Å². The highest BCUT2D eigenvalue weighted by Crippen LogP contribution is 2.44. The predicted molar refractivity (Wildman–Crippen MR) is 130 cm³/mol. The van der Waals surface area contributed by atoms with E-state index in [9.17, 15) is 19.5 Å². The first kappa shape index (κ1) is 24.7. The number of nitrogens with zero attached hydrogens (tertiary/aromatic N) is 1. The molecule has 1 fully saturated rings. The van der Waals surface area contributed by atoms with Crippen molar-refractivity contribution in [3.05, 3.63) is 59.7 Å². The molecule has 2 amide bonds. The highest BCUT2D eigenvalue weighted by atomic mass is 16.5. The number of amides is 2. The molecule has 1 saturated heterocycles. The summed E-state index contributed by atoms with van der Waals surface area (Å²) in [5.74, 6) is -0.900. The van der Waals surface area contributed by atoms with Gasteiger partial charge in [-0.05, 0) is 47.4 Å². The molecule has 2 unspecified atom stereocenters. The van der Waals surface area contributed by atoms with Crippen molar-refractivity contribution in [2.45, 2.75) is 44.1 Å². The number of rotatable bonds is 9. The van der Waals surface area contributed by atoms with Crippen molar-refractivity contribution in [3.8, 4) is 11.1 Å². The highest BCUT2D eigenvalue weighted by Gasteiger charge is 2.29. The number of carboxylic acids is 1. The summed E-state index contributed by atoms with van der Waals surface area (Å²) in [4.78, 5) is 37.4. The van der Waals surface area contributed by atoms with Crippen LogP contribution in [-0.4, -0.2) is 65.4 Å². The van der Waals surface area contributed by atoms with Gasteiger partial charge in [0.15, 0.2) is 0 Å².